The molecule has 1 aromatic rings. The van der Waals surface area contributed by atoms with Gasteiger partial charge in [-0.15, -0.1) is 5.92 Å². The summed E-state index contributed by atoms with van der Waals surface area (Å²) in [4.78, 5) is 10.9. The van der Waals surface area contributed by atoms with Crippen LogP contribution in [-0.4, -0.2) is 5.91 Å². The molecule has 1 atom stereocenters. The lowest BCUT2D eigenvalue weighted by Gasteiger charge is -2.11. The fraction of sp³-hybridized carbons (Fsp3) is 0.250. The van der Waals surface area contributed by atoms with Crippen LogP contribution in [0, 0.1) is 11.8 Å². The van der Waals surface area contributed by atoms with Crippen LogP contribution in [0.15, 0.2) is 30.3 Å². The molecule has 0 bridgehead atoms. The van der Waals surface area contributed by atoms with Crippen molar-refractivity contribution in [2.24, 2.45) is 0 Å². The smallest absolute Gasteiger partial charge is 0.218 e. The van der Waals surface area contributed by atoms with Crippen molar-refractivity contribution in [3.05, 3.63) is 35.9 Å². The number of amides is 1. The Bertz CT molecular complexity index is 359. The third-order valence-corrected chi connectivity index (χ3v) is 1.77. The lowest BCUT2D eigenvalue weighted by atomic mass is 10.1. The highest BCUT2D eigenvalue weighted by Crippen LogP contribution is 2.10. The molecule has 1 rings (SSSR count). The fourth-order valence-electron chi connectivity index (χ4n) is 1.20. The molecule has 0 fully saturated rings. The van der Waals surface area contributed by atoms with Crippen LogP contribution >= 0.6 is 0 Å². The number of rotatable bonds is 2. The van der Waals surface area contributed by atoms with Crippen LogP contribution < -0.4 is 5.32 Å². The second kappa shape index (κ2) is 5.08. The third kappa shape index (κ3) is 2.95. The van der Waals surface area contributed by atoms with E-state index in [1.807, 2.05) is 30.3 Å². The van der Waals surface area contributed by atoms with Gasteiger partial charge in [0.1, 0.15) is 6.04 Å². The Morgan fingerprint density at radius 3 is 2.50 bits per heavy atom. The average Bonchev–Trinajstić information content (AvgIpc) is 2.18. The zero-order valence-corrected chi connectivity index (χ0v) is 8.37. The molecule has 0 aliphatic carbocycles. The maximum atomic E-state index is 10.9. The summed E-state index contributed by atoms with van der Waals surface area (Å²) in [7, 11) is 0. The maximum Gasteiger partial charge on any atom is 0.218 e. The third-order valence-electron chi connectivity index (χ3n) is 1.77. The van der Waals surface area contributed by atoms with Crippen molar-refractivity contribution in [2.45, 2.75) is 19.9 Å². The number of carbonyl (C=O) groups is 1. The highest BCUT2D eigenvalue weighted by Gasteiger charge is 2.07. The van der Waals surface area contributed by atoms with E-state index in [9.17, 15) is 4.79 Å². The monoisotopic (exact) mass is 187 g/mol. The summed E-state index contributed by atoms with van der Waals surface area (Å²) < 4.78 is 0. The maximum absolute atomic E-state index is 10.9. The minimum Gasteiger partial charge on any atom is -0.339 e. The number of carbonyl (C=O) groups excluding carboxylic acids is 1. The standard InChI is InChI=1S/C12H13NO/c1-3-7-12(13-10(2)14)11-8-5-4-6-9-11/h4-6,8-9,12H,1-2H3,(H,13,14)/t12-/m0/s1. The van der Waals surface area contributed by atoms with E-state index >= 15 is 0 Å². The van der Waals surface area contributed by atoms with Gasteiger partial charge in [-0.1, -0.05) is 36.3 Å². The minimum absolute atomic E-state index is 0.0680. The van der Waals surface area contributed by atoms with Crippen molar-refractivity contribution in [3.63, 3.8) is 0 Å². The van der Waals surface area contributed by atoms with E-state index in [4.69, 9.17) is 0 Å². The summed E-state index contributed by atoms with van der Waals surface area (Å²) in [6, 6.07) is 9.51. The lowest BCUT2D eigenvalue weighted by Crippen LogP contribution is -2.24. The van der Waals surface area contributed by atoms with Gasteiger partial charge >= 0.3 is 0 Å². The minimum atomic E-state index is -0.196. The van der Waals surface area contributed by atoms with Crippen molar-refractivity contribution in [1.82, 2.24) is 5.32 Å². The normalized spacial score (nSPS) is 11.0. The van der Waals surface area contributed by atoms with Crippen molar-refractivity contribution in [1.29, 1.82) is 0 Å². The van der Waals surface area contributed by atoms with Crippen LogP contribution in [0.25, 0.3) is 0 Å². The molecule has 0 heterocycles. The lowest BCUT2D eigenvalue weighted by molar-refractivity contribution is -0.119. The van der Waals surface area contributed by atoms with Gasteiger partial charge in [-0.05, 0) is 12.5 Å². The van der Waals surface area contributed by atoms with Gasteiger partial charge in [-0.2, -0.15) is 0 Å². The second-order valence-electron chi connectivity index (χ2n) is 2.94. The summed E-state index contributed by atoms with van der Waals surface area (Å²) in [5.41, 5.74) is 1.01. The first-order valence-corrected chi connectivity index (χ1v) is 4.48. The van der Waals surface area contributed by atoms with E-state index in [-0.39, 0.29) is 11.9 Å². The summed E-state index contributed by atoms with van der Waals surface area (Å²) in [5.74, 6) is 5.69. The Hall–Kier alpha value is -1.75. The molecule has 1 N–H and O–H groups in total. The predicted molar refractivity (Wildman–Crippen MR) is 56.4 cm³/mol. The first-order valence-electron chi connectivity index (χ1n) is 4.48. The van der Waals surface area contributed by atoms with E-state index in [0.717, 1.165) is 5.56 Å². The average molecular weight is 187 g/mol. The van der Waals surface area contributed by atoms with Gasteiger partial charge in [0.25, 0.3) is 0 Å². The Balaban J connectivity index is 2.87. The Morgan fingerprint density at radius 1 is 1.36 bits per heavy atom. The molecule has 0 radical (unpaired) electrons. The Labute approximate surface area is 84.3 Å². The van der Waals surface area contributed by atoms with Gasteiger partial charge in [0.05, 0.1) is 0 Å². The van der Waals surface area contributed by atoms with E-state index in [2.05, 4.69) is 17.2 Å². The van der Waals surface area contributed by atoms with Crippen LogP contribution in [0.1, 0.15) is 25.5 Å². The summed E-state index contributed by atoms with van der Waals surface area (Å²) in [5, 5.41) is 2.78. The van der Waals surface area contributed by atoms with Crippen molar-refractivity contribution < 1.29 is 4.79 Å². The van der Waals surface area contributed by atoms with E-state index < -0.39 is 0 Å². The first-order chi connectivity index (χ1) is 6.74. The van der Waals surface area contributed by atoms with Gasteiger partial charge in [0.2, 0.25) is 5.91 Å². The summed E-state index contributed by atoms with van der Waals surface area (Å²) in [6.45, 7) is 3.25. The van der Waals surface area contributed by atoms with Gasteiger partial charge < -0.3 is 5.32 Å². The fourth-order valence-corrected chi connectivity index (χ4v) is 1.20. The van der Waals surface area contributed by atoms with Crippen LogP contribution in [0.3, 0.4) is 0 Å². The van der Waals surface area contributed by atoms with Crippen LogP contribution in [-0.2, 0) is 4.79 Å². The number of benzene rings is 1. The molecule has 0 aliphatic heterocycles. The van der Waals surface area contributed by atoms with Crippen LogP contribution in [0.2, 0.25) is 0 Å². The van der Waals surface area contributed by atoms with Gasteiger partial charge in [0, 0.05) is 6.92 Å². The zero-order valence-electron chi connectivity index (χ0n) is 8.37. The van der Waals surface area contributed by atoms with Gasteiger partial charge in [-0.3, -0.25) is 4.79 Å². The molecule has 14 heavy (non-hydrogen) atoms. The van der Waals surface area contributed by atoms with E-state index in [1.54, 1.807) is 6.92 Å². The molecule has 0 aliphatic rings. The summed E-state index contributed by atoms with van der Waals surface area (Å²) in [6.07, 6.45) is 0. The molecule has 1 aromatic carbocycles. The number of hydrogen-bond donors (Lipinski definition) is 1. The van der Waals surface area contributed by atoms with E-state index in [0.29, 0.717) is 0 Å². The topological polar surface area (TPSA) is 29.1 Å². The van der Waals surface area contributed by atoms with E-state index in [1.165, 1.54) is 6.92 Å². The molecule has 2 nitrogen and oxygen atoms in total. The molecule has 0 aromatic heterocycles. The molecule has 0 spiro atoms. The van der Waals surface area contributed by atoms with Crippen molar-refractivity contribution in [3.8, 4) is 11.8 Å². The summed E-state index contributed by atoms with van der Waals surface area (Å²) >= 11 is 0. The molecular weight excluding hydrogens is 174 g/mol. The Morgan fingerprint density at radius 2 is 2.00 bits per heavy atom. The molecule has 72 valence electrons. The molecule has 2 heteroatoms. The second-order valence-corrected chi connectivity index (χ2v) is 2.94. The quantitative estimate of drug-likeness (QED) is 0.704. The molecular formula is C12H13NO. The number of hydrogen-bond acceptors (Lipinski definition) is 1. The molecule has 0 saturated heterocycles. The highest BCUT2D eigenvalue weighted by molar-refractivity contribution is 5.74. The highest BCUT2D eigenvalue weighted by atomic mass is 16.1. The Kier molecular flexibility index (Phi) is 3.75. The molecule has 0 saturated carbocycles. The largest absolute Gasteiger partial charge is 0.339 e. The first kappa shape index (κ1) is 10.3. The van der Waals surface area contributed by atoms with Crippen LogP contribution in [0.5, 0.6) is 0 Å². The molecule has 0 unspecified atom stereocenters. The van der Waals surface area contributed by atoms with Crippen molar-refractivity contribution in [2.75, 3.05) is 0 Å². The van der Waals surface area contributed by atoms with Gasteiger partial charge in [-0.25, -0.2) is 0 Å². The predicted octanol–water partition coefficient (Wildman–Crippen LogP) is 1.89. The zero-order chi connectivity index (χ0) is 10.4. The van der Waals surface area contributed by atoms with Gasteiger partial charge in [0.15, 0.2) is 0 Å². The number of nitrogens with one attached hydrogen (secondary N) is 1. The van der Waals surface area contributed by atoms with Crippen LogP contribution in [0.4, 0.5) is 0 Å². The molecule has 1 amide bonds. The SMILES string of the molecule is CC#C[C@H](NC(C)=O)c1ccccc1. The van der Waals surface area contributed by atoms with Crippen molar-refractivity contribution >= 4 is 5.91 Å².